The lowest BCUT2D eigenvalue weighted by Gasteiger charge is -2.18. The third-order valence-electron chi connectivity index (χ3n) is 2.03. The Morgan fingerprint density at radius 2 is 2.33 bits per heavy atom. The lowest BCUT2D eigenvalue weighted by molar-refractivity contribution is -0.150. The van der Waals surface area contributed by atoms with Crippen molar-refractivity contribution in [3.8, 4) is 0 Å². The molecule has 0 bridgehead atoms. The maximum Gasteiger partial charge on any atom is 0.311 e. The lowest BCUT2D eigenvalue weighted by atomic mass is 9.95. The van der Waals surface area contributed by atoms with Gasteiger partial charge in [-0.25, -0.2) is 0 Å². The molecule has 0 spiro atoms. The molecule has 4 heteroatoms. The first-order chi connectivity index (χ1) is 7.02. The number of pyridine rings is 1. The van der Waals surface area contributed by atoms with Gasteiger partial charge in [0.1, 0.15) is 0 Å². The van der Waals surface area contributed by atoms with Crippen LogP contribution in [-0.4, -0.2) is 22.7 Å². The highest BCUT2D eigenvalue weighted by molar-refractivity contribution is 5.73. The van der Waals surface area contributed by atoms with E-state index in [-0.39, 0.29) is 6.61 Å². The molecule has 1 rings (SSSR count). The number of carbonyl (C=O) groups is 1. The first-order valence-electron chi connectivity index (χ1n) is 4.72. The Kier molecular flexibility index (Phi) is 3.80. The molecule has 0 amide bonds. The molecule has 1 N–H and O–H groups in total. The summed E-state index contributed by atoms with van der Waals surface area (Å²) in [7, 11) is 0. The van der Waals surface area contributed by atoms with Gasteiger partial charge in [0.05, 0.1) is 18.6 Å². The Morgan fingerprint density at radius 3 is 2.87 bits per heavy atom. The minimum atomic E-state index is -0.853. The van der Waals surface area contributed by atoms with Crippen LogP contribution in [0.5, 0.6) is 0 Å². The summed E-state index contributed by atoms with van der Waals surface area (Å²) in [5.41, 5.74) is 0.0982. The van der Waals surface area contributed by atoms with Crippen molar-refractivity contribution < 1.29 is 14.6 Å². The Morgan fingerprint density at radius 1 is 1.60 bits per heavy atom. The fourth-order valence-corrected chi connectivity index (χ4v) is 0.969. The molecule has 0 aliphatic heterocycles. The first kappa shape index (κ1) is 11.7. The van der Waals surface area contributed by atoms with Crippen LogP contribution in [0.25, 0.3) is 0 Å². The van der Waals surface area contributed by atoms with Crippen molar-refractivity contribution in [2.24, 2.45) is 5.41 Å². The molecule has 15 heavy (non-hydrogen) atoms. The number of carboxylic acid groups (broad SMARTS) is 1. The van der Waals surface area contributed by atoms with Crippen molar-refractivity contribution >= 4 is 5.97 Å². The fraction of sp³-hybridized carbons (Fsp3) is 0.455. The predicted octanol–water partition coefficient (Wildman–Crippen LogP) is 1.71. The van der Waals surface area contributed by atoms with Gasteiger partial charge in [0.25, 0.3) is 0 Å². The Hall–Kier alpha value is -1.42. The number of aliphatic carboxylic acids is 1. The second kappa shape index (κ2) is 4.89. The molecule has 0 unspecified atom stereocenters. The van der Waals surface area contributed by atoms with Gasteiger partial charge in [-0.05, 0) is 25.5 Å². The number of nitrogens with zero attached hydrogens (tertiary/aromatic N) is 1. The Balaban J connectivity index is 2.37. The van der Waals surface area contributed by atoms with E-state index in [1.54, 1.807) is 26.2 Å². The third kappa shape index (κ3) is 3.67. The van der Waals surface area contributed by atoms with E-state index in [9.17, 15) is 4.79 Å². The van der Waals surface area contributed by atoms with Crippen molar-refractivity contribution in [3.63, 3.8) is 0 Å². The number of hydrogen-bond acceptors (Lipinski definition) is 3. The number of aromatic nitrogens is 1. The van der Waals surface area contributed by atoms with Gasteiger partial charge in [-0.3, -0.25) is 9.78 Å². The summed E-state index contributed by atoms with van der Waals surface area (Å²) in [6.45, 7) is 3.86. The second-order valence-corrected chi connectivity index (χ2v) is 4.04. The van der Waals surface area contributed by atoms with Crippen molar-refractivity contribution in [3.05, 3.63) is 30.1 Å². The average Bonchev–Trinajstić information content (AvgIpc) is 2.19. The van der Waals surface area contributed by atoms with E-state index in [1.165, 1.54) is 0 Å². The summed E-state index contributed by atoms with van der Waals surface area (Å²) in [4.78, 5) is 14.7. The van der Waals surface area contributed by atoms with E-state index in [1.807, 2.05) is 12.1 Å². The molecular formula is C11H15NO3. The van der Waals surface area contributed by atoms with Gasteiger partial charge in [0.2, 0.25) is 0 Å². The molecule has 1 aromatic heterocycles. The SMILES string of the molecule is CC(C)(COCc1cccnc1)C(=O)O. The first-order valence-corrected chi connectivity index (χ1v) is 4.72. The van der Waals surface area contributed by atoms with E-state index in [2.05, 4.69) is 4.98 Å². The van der Waals surface area contributed by atoms with Crippen LogP contribution in [-0.2, 0) is 16.1 Å². The van der Waals surface area contributed by atoms with Crippen LogP contribution in [0.4, 0.5) is 0 Å². The summed E-state index contributed by atoms with van der Waals surface area (Å²) in [5.74, 6) is -0.853. The lowest BCUT2D eigenvalue weighted by Crippen LogP contribution is -2.29. The van der Waals surface area contributed by atoms with E-state index in [0.29, 0.717) is 6.61 Å². The van der Waals surface area contributed by atoms with Crippen LogP contribution in [0, 0.1) is 5.41 Å². The van der Waals surface area contributed by atoms with E-state index >= 15 is 0 Å². The van der Waals surface area contributed by atoms with Gasteiger partial charge in [-0.2, -0.15) is 0 Å². The van der Waals surface area contributed by atoms with E-state index < -0.39 is 11.4 Å². The molecule has 0 atom stereocenters. The van der Waals surface area contributed by atoms with Crippen molar-refractivity contribution in [1.82, 2.24) is 4.98 Å². The molecule has 0 fully saturated rings. The molecule has 1 aromatic rings. The van der Waals surface area contributed by atoms with Gasteiger partial charge in [-0.15, -0.1) is 0 Å². The molecule has 1 heterocycles. The van der Waals surface area contributed by atoms with Gasteiger partial charge < -0.3 is 9.84 Å². The molecule has 0 radical (unpaired) electrons. The zero-order valence-corrected chi connectivity index (χ0v) is 8.93. The molecule has 0 aliphatic carbocycles. The average molecular weight is 209 g/mol. The van der Waals surface area contributed by atoms with Gasteiger partial charge in [0, 0.05) is 12.4 Å². The largest absolute Gasteiger partial charge is 0.481 e. The molecule has 0 aromatic carbocycles. The van der Waals surface area contributed by atoms with Crippen molar-refractivity contribution in [2.75, 3.05) is 6.61 Å². The van der Waals surface area contributed by atoms with Crippen LogP contribution >= 0.6 is 0 Å². The maximum atomic E-state index is 10.8. The minimum Gasteiger partial charge on any atom is -0.481 e. The van der Waals surface area contributed by atoms with Gasteiger partial charge in [-0.1, -0.05) is 6.07 Å². The number of rotatable bonds is 5. The van der Waals surface area contributed by atoms with Gasteiger partial charge in [0.15, 0.2) is 0 Å². The van der Waals surface area contributed by atoms with Crippen LogP contribution in [0.1, 0.15) is 19.4 Å². The molecule has 0 aliphatic rings. The predicted molar refractivity (Wildman–Crippen MR) is 55.3 cm³/mol. The van der Waals surface area contributed by atoms with Crippen LogP contribution in [0.15, 0.2) is 24.5 Å². The Labute approximate surface area is 88.9 Å². The quantitative estimate of drug-likeness (QED) is 0.802. The summed E-state index contributed by atoms with van der Waals surface area (Å²) in [5, 5.41) is 8.85. The molecule has 0 saturated carbocycles. The maximum absolute atomic E-state index is 10.8. The molecule has 82 valence electrons. The summed E-state index contributed by atoms with van der Waals surface area (Å²) < 4.78 is 5.32. The number of carboxylic acids is 1. The van der Waals surface area contributed by atoms with Crippen LogP contribution in [0.2, 0.25) is 0 Å². The normalized spacial score (nSPS) is 11.3. The number of hydrogen-bond donors (Lipinski definition) is 1. The Bertz CT molecular complexity index is 322. The smallest absolute Gasteiger partial charge is 0.311 e. The third-order valence-corrected chi connectivity index (χ3v) is 2.03. The molecular weight excluding hydrogens is 194 g/mol. The second-order valence-electron chi connectivity index (χ2n) is 4.04. The van der Waals surface area contributed by atoms with E-state index in [4.69, 9.17) is 9.84 Å². The standard InChI is InChI=1S/C11H15NO3/c1-11(2,10(13)14)8-15-7-9-4-3-5-12-6-9/h3-6H,7-8H2,1-2H3,(H,13,14). The summed E-state index contributed by atoms with van der Waals surface area (Å²) in [6.07, 6.45) is 3.39. The summed E-state index contributed by atoms with van der Waals surface area (Å²) in [6, 6.07) is 3.71. The highest BCUT2D eigenvalue weighted by atomic mass is 16.5. The van der Waals surface area contributed by atoms with Crippen LogP contribution < -0.4 is 0 Å². The minimum absolute atomic E-state index is 0.192. The highest BCUT2D eigenvalue weighted by Crippen LogP contribution is 2.16. The monoisotopic (exact) mass is 209 g/mol. The zero-order chi connectivity index (χ0) is 11.3. The van der Waals surface area contributed by atoms with Crippen LogP contribution in [0.3, 0.4) is 0 Å². The van der Waals surface area contributed by atoms with Crippen molar-refractivity contribution in [1.29, 1.82) is 0 Å². The van der Waals surface area contributed by atoms with Gasteiger partial charge >= 0.3 is 5.97 Å². The summed E-state index contributed by atoms with van der Waals surface area (Å²) >= 11 is 0. The topological polar surface area (TPSA) is 59.4 Å². The molecule has 4 nitrogen and oxygen atoms in total. The van der Waals surface area contributed by atoms with Crippen molar-refractivity contribution in [2.45, 2.75) is 20.5 Å². The number of ether oxygens (including phenoxy) is 1. The highest BCUT2D eigenvalue weighted by Gasteiger charge is 2.27. The molecule has 0 saturated heterocycles. The fourth-order valence-electron chi connectivity index (χ4n) is 0.969. The zero-order valence-electron chi connectivity index (χ0n) is 8.93. The van der Waals surface area contributed by atoms with E-state index in [0.717, 1.165) is 5.56 Å².